The van der Waals surface area contributed by atoms with Crippen molar-refractivity contribution in [3.8, 4) is 11.1 Å². The highest BCUT2D eigenvalue weighted by molar-refractivity contribution is 7.98. The Kier molecular flexibility index (Phi) is 5.30. The number of hydrogen-bond donors (Lipinski definition) is 1. The molecule has 1 N–H and O–H groups in total. The first-order valence-corrected chi connectivity index (χ1v) is 9.57. The van der Waals surface area contributed by atoms with Crippen LogP contribution in [0.1, 0.15) is 13.8 Å². The van der Waals surface area contributed by atoms with Crippen molar-refractivity contribution < 1.29 is 0 Å². The van der Waals surface area contributed by atoms with Crippen LogP contribution < -0.4 is 11.0 Å². The smallest absolute Gasteiger partial charge is 0.278 e. The van der Waals surface area contributed by atoms with Crippen LogP contribution >= 0.6 is 23.4 Å². The number of thioether (sulfide) groups is 1. The van der Waals surface area contributed by atoms with Gasteiger partial charge in [-0.3, -0.25) is 4.79 Å². The SMILES string of the molecule is CSc1ncc2cc(-c3ccccc3Cl)c(=O)n(NCC(C)C)c2n1. The van der Waals surface area contributed by atoms with Crippen LogP contribution in [0.2, 0.25) is 5.02 Å². The van der Waals surface area contributed by atoms with Gasteiger partial charge in [-0.15, -0.1) is 0 Å². The highest BCUT2D eigenvalue weighted by Gasteiger charge is 2.15. The van der Waals surface area contributed by atoms with Crippen molar-refractivity contribution in [3.05, 3.63) is 51.9 Å². The third kappa shape index (κ3) is 3.65. The summed E-state index contributed by atoms with van der Waals surface area (Å²) in [6.45, 7) is 4.82. The summed E-state index contributed by atoms with van der Waals surface area (Å²) in [6.07, 6.45) is 3.64. The first-order valence-electron chi connectivity index (χ1n) is 7.97. The molecule has 0 amide bonds. The molecule has 3 rings (SSSR count). The highest BCUT2D eigenvalue weighted by atomic mass is 35.5. The van der Waals surface area contributed by atoms with Crippen molar-refractivity contribution in [1.29, 1.82) is 0 Å². The van der Waals surface area contributed by atoms with Gasteiger partial charge in [-0.1, -0.05) is 55.4 Å². The third-order valence-electron chi connectivity index (χ3n) is 3.72. The van der Waals surface area contributed by atoms with Crippen LogP contribution in [0.3, 0.4) is 0 Å². The second-order valence-corrected chi connectivity index (χ2v) is 7.25. The van der Waals surface area contributed by atoms with Gasteiger partial charge in [-0.2, -0.15) is 0 Å². The number of aromatic nitrogens is 3. The summed E-state index contributed by atoms with van der Waals surface area (Å²) in [5, 5.41) is 1.94. The van der Waals surface area contributed by atoms with Gasteiger partial charge in [0.2, 0.25) is 0 Å². The summed E-state index contributed by atoms with van der Waals surface area (Å²) in [4.78, 5) is 22.0. The molecule has 3 aromatic rings. The van der Waals surface area contributed by atoms with E-state index >= 15 is 0 Å². The predicted octanol–water partition coefficient (Wildman–Crippen LogP) is 4.03. The van der Waals surface area contributed by atoms with Gasteiger partial charge >= 0.3 is 0 Å². The van der Waals surface area contributed by atoms with Gasteiger partial charge in [0.05, 0.1) is 5.56 Å². The molecule has 0 saturated carbocycles. The minimum Gasteiger partial charge on any atom is -0.321 e. The molecule has 0 unspecified atom stereocenters. The Morgan fingerprint density at radius 2 is 2.04 bits per heavy atom. The molecular formula is C18H19ClN4OS. The molecule has 0 atom stereocenters. The van der Waals surface area contributed by atoms with Gasteiger partial charge in [-0.25, -0.2) is 14.6 Å². The van der Waals surface area contributed by atoms with Gasteiger partial charge in [0, 0.05) is 28.7 Å². The predicted molar refractivity (Wildman–Crippen MR) is 105 cm³/mol. The van der Waals surface area contributed by atoms with Crippen molar-refractivity contribution in [1.82, 2.24) is 14.6 Å². The first-order chi connectivity index (χ1) is 12.0. The average Bonchev–Trinajstić information content (AvgIpc) is 2.60. The lowest BCUT2D eigenvalue weighted by atomic mass is 10.1. The number of benzene rings is 1. The molecule has 1 aromatic carbocycles. The molecule has 25 heavy (non-hydrogen) atoms. The number of fused-ring (bicyclic) bond motifs is 1. The summed E-state index contributed by atoms with van der Waals surface area (Å²) >= 11 is 7.75. The number of hydrogen-bond acceptors (Lipinski definition) is 5. The normalized spacial score (nSPS) is 11.2. The molecule has 0 bridgehead atoms. The molecule has 0 spiro atoms. The monoisotopic (exact) mass is 374 g/mol. The lowest BCUT2D eigenvalue weighted by molar-refractivity contribution is 0.638. The van der Waals surface area contributed by atoms with Crippen LogP contribution in [-0.4, -0.2) is 27.4 Å². The van der Waals surface area contributed by atoms with Crippen molar-refractivity contribution in [2.75, 3.05) is 18.2 Å². The number of halogens is 1. The Balaban J connectivity index is 2.28. The fraction of sp³-hybridized carbons (Fsp3) is 0.278. The van der Waals surface area contributed by atoms with Gasteiger partial charge in [0.15, 0.2) is 10.8 Å². The van der Waals surface area contributed by atoms with Crippen LogP contribution in [0.15, 0.2) is 46.5 Å². The lowest BCUT2D eigenvalue weighted by Crippen LogP contribution is -2.33. The van der Waals surface area contributed by atoms with E-state index in [2.05, 4.69) is 29.2 Å². The second-order valence-electron chi connectivity index (χ2n) is 6.07. The summed E-state index contributed by atoms with van der Waals surface area (Å²) in [7, 11) is 0. The number of rotatable bonds is 5. The van der Waals surface area contributed by atoms with Gasteiger partial charge in [0.1, 0.15) is 0 Å². The zero-order valence-corrected chi connectivity index (χ0v) is 15.9. The van der Waals surface area contributed by atoms with Crippen LogP contribution in [0, 0.1) is 5.92 Å². The van der Waals surface area contributed by atoms with E-state index in [0.717, 1.165) is 5.39 Å². The van der Waals surface area contributed by atoms with E-state index in [1.165, 1.54) is 16.4 Å². The minimum atomic E-state index is -0.174. The molecule has 2 heterocycles. The quantitative estimate of drug-likeness (QED) is 0.539. The summed E-state index contributed by atoms with van der Waals surface area (Å²) in [5.41, 5.74) is 4.82. The lowest BCUT2D eigenvalue weighted by Gasteiger charge is -2.16. The Morgan fingerprint density at radius 1 is 1.28 bits per heavy atom. The van der Waals surface area contributed by atoms with Crippen LogP contribution in [-0.2, 0) is 0 Å². The third-order valence-corrected chi connectivity index (χ3v) is 4.61. The molecule has 0 aliphatic carbocycles. The van der Waals surface area contributed by atoms with E-state index in [9.17, 15) is 4.79 Å². The van der Waals surface area contributed by atoms with Gasteiger partial charge < -0.3 is 5.43 Å². The number of pyridine rings is 1. The topological polar surface area (TPSA) is 59.8 Å². The van der Waals surface area contributed by atoms with E-state index < -0.39 is 0 Å². The largest absolute Gasteiger partial charge is 0.321 e. The first kappa shape index (κ1) is 17.8. The van der Waals surface area contributed by atoms with E-state index in [1.807, 2.05) is 24.5 Å². The maximum Gasteiger partial charge on any atom is 0.278 e. The molecule has 2 aromatic heterocycles. The maximum absolute atomic E-state index is 13.1. The summed E-state index contributed by atoms with van der Waals surface area (Å²) in [6, 6.07) is 9.13. The van der Waals surface area contributed by atoms with Crippen molar-refractivity contribution in [2.45, 2.75) is 19.0 Å². The van der Waals surface area contributed by atoms with Crippen LogP contribution in [0.4, 0.5) is 0 Å². The second kappa shape index (κ2) is 7.45. The fourth-order valence-corrected chi connectivity index (χ4v) is 3.05. The zero-order chi connectivity index (χ0) is 18.0. The number of nitrogens with zero attached hydrogens (tertiary/aromatic N) is 3. The fourth-order valence-electron chi connectivity index (χ4n) is 2.47. The van der Waals surface area contributed by atoms with E-state index in [-0.39, 0.29) is 5.56 Å². The Bertz CT molecular complexity index is 971. The van der Waals surface area contributed by atoms with Crippen molar-refractivity contribution in [2.24, 2.45) is 5.92 Å². The maximum atomic E-state index is 13.1. The average molecular weight is 375 g/mol. The van der Waals surface area contributed by atoms with Crippen LogP contribution in [0.5, 0.6) is 0 Å². The summed E-state index contributed by atoms with van der Waals surface area (Å²) in [5.74, 6) is 0.382. The van der Waals surface area contributed by atoms with Gasteiger partial charge in [-0.05, 0) is 24.3 Å². The molecule has 0 radical (unpaired) electrons. The standard InChI is InChI=1S/C18H19ClN4OS/c1-11(2)9-21-23-16-12(10-20-18(22-16)25-3)8-14(17(23)24)13-6-4-5-7-15(13)19/h4-8,10-11,21H,9H2,1-3H3. The molecule has 0 aliphatic heterocycles. The molecule has 130 valence electrons. The molecule has 7 heteroatoms. The van der Waals surface area contributed by atoms with E-state index in [1.54, 1.807) is 18.3 Å². The summed E-state index contributed by atoms with van der Waals surface area (Å²) < 4.78 is 1.51. The highest BCUT2D eigenvalue weighted by Crippen LogP contribution is 2.27. The minimum absolute atomic E-state index is 0.174. The molecule has 0 saturated heterocycles. The molecule has 0 fully saturated rings. The van der Waals surface area contributed by atoms with Crippen molar-refractivity contribution >= 4 is 34.4 Å². The number of nitrogens with one attached hydrogen (secondary N) is 1. The zero-order valence-electron chi connectivity index (χ0n) is 14.3. The van der Waals surface area contributed by atoms with Gasteiger partial charge in [0.25, 0.3) is 5.56 Å². The Hall–Kier alpha value is -2.05. The van der Waals surface area contributed by atoms with Crippen LogP contribution in [0.25, 0.3) is 22.2 Å². The molecule has 0 aliphatic rings. The van der Waals surface area contributed by atoms with E-state index in [4.69, 9.17) is 11.6 Å². The molecular weight excluding hydrogens is 356 g/mol. The Morgan fingerprint density at radius 3 is 2.72 bits per heavy atom. The Labute approximate surface area is 155 Å². The van der Waals surface area contributed by atoms with E-state index in [0.29, 0.717) is 39.4 Å². The van der Waals surface area contributed by atoms with Crippen molar-refractivity contribution in [3.63, 3.8) is 0 Å². The molecule has 5 nitrogen and oxygen atoms in total.